The van der Waals surface area contributed by atoms with E-state index in [2.05, 4.69) is 20.8 Å². The zero-order valence-electron chi connectivity index (χ0n) is 15.3. The number of ether oxygens (including phenoxy) is 2. The molecule has 1 saturated heterocycles. The van der Waals surface area contributed by atoms with Gasteiger partial charge < -0.3 is 20.5 Å². The average Bonchev–Trinajstić information content (AvgIpc) is 2.65. The van der Waals surface area contributed by atoms with Gasteiger partial charge in [0, 0.05) is 32.5 Å². The van der Waals surface area contributed by atoms with Crippen molar-refractivity contribution in [2.45, 2.75) is 17.7 Å². The van der Waals surface area contributed by atoms with Crippen molar-refractivity contribution in [2.75, 3.05) is 45.8 Å². The van der Waals surface area contributed by atoms with Crippen LogP contribution in [0.1, 0.15) is 0 Å². The largest absolute Gasteiger partial charge is 0.489 e. The van der Waals surface area contributed by atoms with Crippen LogP contribution >= 0.6 is 11.6 Å². The van der Waals surface area contributed by atoms with Crippen molar-refractivity contribution in [2.24, 2.45) is 16.8 Å². The van der Waals surface area contributed by atoms with Crippen LogP contribution in [0.5, 0.6) is 5.75 Å². The molecule has 27 heavy (non-hydrogen) atoms. The number of pyridine rings is 1. The molecule has 4 unspecified atom stereocenters. The van der Waals surface area contributed by atoms with Crippen LogP contribution in [0.15, 0.2) is 23.6 Å². The van der Waals surface area contributed by atoms with Crippen molar-refractivity contribution in [1.82, 2.24) is 15.2 Å². The normalized spacial score (nSPS) is 22.7. The van der Waals surface area contributed by atoms with E-state index in [1.165, 1.54) is 6.20 Å². The van der Waals surface area contributed by atoms with Gasteiger partial charge in [-0.1, -0.05) is 5.18 Å². The smallest absolute Gasteiger partial charge is 0.234 e. The van der Waals surface area contributed by atoms with Crippen LogP contribution in [0.2, 0.25) is 0 Å². The molecule has 0 bridgehead atoms. The molecule has 0 aromatic carbocycles. The van der Waals surface area contributed by atoms with E-state index in [0.717, 1.165) is 0 Å². The summed E-state index contributed by atoms with van der Waals surface area (Å²) in [6.45, 7) is 1.75. The lowest BCUT2D eigenvalue weighted by Crippen LogP contribution is -2.62. The maximum atomic E-state index is 12.9. The van der Waals surface area contributed by atoms with E-state index in [1.807, 2.05) is 4.90 Å². The summed E-state index contributed by atoms with van der Waals surface area (Å²) >= 11 is 6.13. The summed E-state index contributed by atoms with van der Waals surface area (Å²) in [4.78, 5) is 29.8. The molecule has 1 aromatic heterocycles. The Morgan fingerprint density at radius 3 is 3.04 bits per heavy atom. The molecule has 1 amide bonds. The summed E-state index contributed by atoms with van der Waals surface area (Å²) in [6.07, 6.45) is 1.29. The van der Waals surface area contributed by atoms with Gasteiger partial charge in [-0.05, 0) is 7.05 Å². The molecule has 11 heteroatoms. The van der Waals surface area contributed by atoms with Crippen LogP contribution in [0.3, 0.4) is 0 Å². The first-order chi connectivity index (χ1) is 13.0. The van der Waals surface area contributed by atoms with Crippen molar-refractivity contribution < 1.29 is 14.3 Å². The monoisotopic (exact) mass is 400 g/mol. The van der Waals surface area contributed by atoms with Crippen LogP contribution in [0, 0.1) is 10.8 Å². The number of halogens is 1. The molecule has 10 nitrogen and oxygen atoms in total. The number of alkyl halides is 1. The predicted molar refractivity (Wildman–Crippen MR) is 102 cm³/mol. The number of nitroso groups, excluding NO2 is 1. The Kier molecular flexibility index (Phi) is 8.32. The minimum Gasteiger partial charge on any atom is -0.489 e. The summed E-state index contributed by atoms with van der Waals surface area (Å²) < 4.78 is 10.5. The Labute approximate surface area is 162 Å². The number of hydrogen-bond acceptors (Lipinski definition) is 9. The molecule has 4 N–H and O–H groups in total. The molecule has 0 radical (unpaired) electrons. The molecular weight excluding hydrogens is 376 g/mol. The van der Waals surface area contributed by atoms with E-state index in [0.29, 0.717) is 37.7 Å². The highest BCUT2D eigenvalue weighted by Crippen LogP contribution is 2.25. The second-order valence-electron chi connectivity index (χ2n) is 6.21. The van der Waals surface area contributed by atoms with Crippen molar-refractivity contribution in [1.29, 1.82) is 0 Å². The standard InChI is InChI=1S/C16H25ClN6O4/c1-23-9-10(17)7-20-15(23)13(14(18)22-25)16(24)21-11-8-19-4-3-12(11)27-6-5-26-2/h3-4,8,10,13-15,20H,5-7,9,18H2,1-2H3,(H,21,24). The Bertz CT molecular complexity index is 637. The minimum atomic E-state index is -1.23. The highest BCUT2D eigenvalue weighted by atomic mass is 35.5. The number of nitrogens with one attached hydrogen (secondary N) is 2. The fourth-order valence-electron chi connectivity index (χ4n) is 2.90. The molecule has 0 spiro atoms. The molecule has 1 aliphatic heterocycles. The average molecular weight is 401 g/mol. The maximum absolute atomic E-state index is 12.9. The molecular formula is C16H25ClN6O4. The van der Waals surface area contributed by atoms with E-state index in [-0.39, 0.29) is 5.38 Å². The summed E-state index contributed by atoms with van der Waals surface area (Å²) in [5, 5.41) is 8.65. The quantitative estimate of drug-likeness (QED) is 0.304. The Morgan fingerprint density at radius 2 is 2.37 bits per heavy atom. The van der Waals surface area contributed by atoms with E-state index in [1.54, 1.807) is 26.4 Å². The van der Waals surface area contributed by atoms with Gasteiger partial charge in [-0.3, -0.25) is 20.0 Å². The number of nitrogens with two attached hydrogens (primary N) is 1. The molecule has 150 valence electrons. The van der Waals surface area contributed by atoms with Gasteiger partial charge in [0.2, 0.25) is 5.91 Å². The van der Waals surface area contributed by atoms with Gasteiger partial charge in [-0.2, -0.15) is 0 Å². The molecule has 0 aliphatic carbocycles. The topological polar surface area (TPSA) is 131 Å². The van der Waals surface area contributed by atoms with Gasteiger partial charge in [-0.25, -0.2) is 0 Å². The van der Waals surface area contributed by atoms with Crippen molar-refractivity contribution in [3.05, 3.63) is 23.4 Å². The van der Waals surface area contributed by atoms with Crippen LogP contribution in [-0.4, -0.2) is 74.0 Å². The van der Waals surface area contributed by atoms with Crippen molar-refractivity contribution in [3.63, 3.8) is 0 Å². The summed E-state index contributed by atoms with van der Waals surface area (Å²) in [5.41, 5.74) is 6.20. The first-order valence-electron chi connectivity index (χ1n) is 8.50. The van der Waals surface area contributed by atoms with Crippen LogP contribution < -0.4 is 21.1 Å². The van der Waals surface area contributed by atoms with Gasteiger partial charge in [0.1, 0.15) is 24.0 Å². The number of carbonyl (C=O) groups excluding carboxylic acids is 1. The third-order valence-corrected chi connectivity index (χ3v) is 4.52. The van der Waals surface area contributed by atoms with Gasteiger partial charge in [0.15, 0.2) is 6.17 Å². The number of hydrogen-bond donors (Lipinski definition) is 3. The predicted octanol–water partition coefficient (Wildman–Crippen LogP) is 0.181. The number of aromatic nitrogens is 1. The van der Waals surface area contributed by atoms with E-state index >= 15 is 0 Å². The summed E-state index contributed by atoms with van der Waals surface area (Å²) in [7, 11) is 3.36. The lowest BCUT2D eigenvalue weighted by molar-refractivity contribution is -0.123. The molecule has 1 aliphatic rings. The zero-order chi connectivity index (χ0) is 19.8. The van der Waals surface area contributed by atoms with E-state index < -0.39 is 24.2 Å². The van der Waals surface area contributed by atoms with Crippen molar-refractivity contribution >= 4 is 23.2 Å². The van der Waals surface area contributed by atoms with Gasteiger partial charge in [0.05, 0.1) is 24.3 Å². The Morgan fingerprint density at radius 1 is 1.59 bits per heavy atom. The molecule has 2 rings (SSSR count). The molecule has 1 fully saturated rings. The van der Waals surface area contributed by atoms with Gasteiger partial charge in [-0.15, -0.1) is 16.5 Å². The second-order valence-corrected chi connectivity index (χ2v) is 6.83. The van der Waals surface area contributed by atoms with Crippen LogP contribution in [0.4, 0.5) is 5.69 Å². The molecule has 2 heterocycles. The number of anilines is 1. The van der Waals surface area contributed by atoms with E-state index in [9.17, 15) is 9.70 Å². The zero-order valence-corrected chi connectivity index (χ0v) is 16.1. The van der Waals surface area contributed by atoms with Crippen LogP contribution in [-0.2, 0) is 9.53 Å². The second kappa shape index (κ2) is 10.5. The molecule has 1 aromatic rings. The Hall–Kier alpha value is -1.85. The van der Waals surface area contributed by atoms with Crippen LogP contribution in [0.25, 0.3) is 0 Å². The van der Waals surface area contributed by atoms with Crippen molar-refractivity contribution in [3.8, 4) is 5.75 Å². The number of methoxy groups -OCH3 is 1. The van der Waals surface area contributed by atoms with E-state index in [4.69, 9.17) is 26.8 Å². The SMILES string of the molecule is COCCOc1ccncc1NC(=O)C(C(N)N=O)C1NCC(Cl)CN1C. The first-order valence-corrected chi connectivity index (χ1v) is 8.94. The highest BCUT2D eigenvalue weighted by molar-refractivity contribution is 6.21. The summed E-state index contributed by atoms with van der Waals surface area (Å²) in [5.74, 6) is -0.958. The number of amides is 1. The Balaban J connectivity index is 2.16. The fourth-order valence-corrected chi connectivity index (χ4v) is 3.21. The van der Waals surface area contributed by atoms with Gasteiger partial charge >= 0.3 is 0 Å². The molecule has 4 atom stereocenters. The lowest BCUT2D eigenvalue weighted by Gasteiger charge is -2.40. The number of carbonyl (C=O) groups is 1. The first kappa shape index (κ1) is 21.5. The summed E-state index contributed by atoms with van der Waals surface area (Å²) in [6, 6.07) is 1.63. The maximum Gasteiger partial charge on any atom is 0.234 e. The highest BCUT2D eigenvalue weighted by Gasteiger charge is 2.39. The fraction of sp³-hybridized carbons (Fsp3) is 0.625. The minimum absolute atomic E-state index is 0.102. The lowest BCUT2D eigenvalue weighted by atomic mass is 9.98. The molecule has 0 saturated carbocycles. The van der Waals surface area contributed by atoms with Gasteiger partial charge in [0.25, 0.3) is 0 Å². The number of nitrogens with zero attached hydrogens (tertiary/aromatic N) is 3. The third kappa shape index (κ3) is 5.81. The number of rotatable bonds is 9. The third-order valence-electron chi connectivity index (χ3n) is 4.23.